The van der Waals surface area contributed by atoms with Crippen molar-refractivity contribution in [1.29, 1.82) is 0 Å². The van der Waals surface area contributed by atoms with E-state index in [-0.39, 0.29) is 24.8 Å². The first kappa shape index (κ1) is 24.8. The molecule has 3 atom stereocenters. The van der Waals surface area contributed by atoms with Crippen molar-refractivity contribution < 1.29 is 24.3 Å². The molecule has 2 aromatic carbocycles. The maximum absolute atomic E-state index is 13.3. The van der Waals surface area contributed by atoms with Crippen LogP contribution in [0.2, 0.25) is 0 Å². The number of para-hydroxylation sites is 3. The predicted octanol–water partition coefficient (Wildman–Crippen LogP) is 2.86. The summed E-state index contributed by atoms with van der Waals surface area (Å²) >= 11 is 0. The maximum atomic E-state index is 13.3. The molecule has 0 saturated heterocycles. The number of carboxylic acids is 1. The largest absolute Gasteiger partial charge is 0.480 e. The number of nitrogens with zero attached hydrogens (tertiary/aromatic N) is 1. The number of aliphatic carboxylic acids is 1. The quantitative estimate of drug-likeness (QED) is 0.329. The van der Waals surface area contributed by atoms with Gasteiger partial charge in [0.15, 0.2) is 0 Å². The van der Waals surface area contributed by atoms with Crippen LogP contribution in [0.1, 0.15) is 25.8 Å². The van der Waals surface area contributed by atoms with Crippen molar-refractivity contribution in [2.75, 3.05) is 16.8 Å². The van der Waals surface area contributed by atoms with Crippen LogP contribution in [-0.2, 0) is 20.8 Å². The van der Waals surface area contributed by atoms with E-state index >= 15 is 0 Å². The molecule has 10 heteroatoms. The van der Waals surface area contributed by atoms with Gasteiger partial charge in [0.25, 0.3) is 0 Å². The third-order valence-electron chi connectivity index (χ3n) is 6.50. The molecule has 4 amide bonds. The van der Waals surface area contributed by atoms with Crippen molar-refractivity contribution in [2.45, 2.75) is 38.8 Å². The van der Waals surface area contributed by atoms with E-state index in [0.717, 1.165) is 16.5 Å². The van der Waals surface area contributed by atoms with Gasteiger partial charge >= 0.3 is 12.0 Å². The van der Waals surface area contributed by atoms with Crippen LogP contribution in [0.25, 0.3) is 10.9 Å². The van der Waals surface area contributed by atoms with Crippen LogP contribution in [-0.4, -0.2) is 52.5 Å². The van der Waals surface area contributed by atoms with E-state index < -0.39 is 30.0 Å². The summed E-state index contributed by atoms with van der Waals surface area (Å²) in [7, 11) is 0. The van der Waals surface area contributed by atoms with Crippen LogP contribution < -0.4 is 20.9 Å². The number of anilines is 2. The maximum Gasteiger partial charge on any atom is 0.326 e. The SMILES string of the molecule is CCC(C)[C@H](NC(=O)N1CC(=O)Nc2ccccc21)C(=O)N[C@@H](Cc1c[nH]c2ccccc12)C(=O)O. The minimum Gasteiger partial charge on any atom is -0.480 e. The highest BCUT2D eigenvalue weighted by atomic mass is 16.4. The molecule has 0 aliphatic carbocycles. The summed E-state index contributed by atoms with van der Waals surface area (Å²) in [5, 5.41) is 18.8. The smallest absolute Gasteiger partial charge is 0.326 e. The average Bonchev–Trinajstić information content (AvgIpc) is 3.28. The number of aromatic nitrogens is 1. The van der Waals surface area contributed by atoms with Gasteiger partial charge in [0, 0.05) is 23.5 Å². The van der Waals surface area contributed by atoms with E-state index in [1.54, 1.807) is 37.4 Å². The first-order valence-electron chi connectivity index (χ1n) is 11.8. The van der Waals surface area contributed by atoms with Crippen LogP contribution in [0.5, 0.6) is 0 Å². The topological polar surface area (TPSA) is 144 Å². The lowest BCUT2D eigenvalue weighted by atomic mass is 9.97. The highest BCUT2D eigenvalue weighted by Crippen LogP contribution is 2.29. The van der Waals surface area contributed by atoms with Crippen LogP contribution in [0.3, 0.4) is 0 Å². The fraction of sp³-hybridized carbons (Fsp3) is 0.308. The van der Waals surface area contributed by atoms with Crippen LogP contribution in [0, 0.1) is 5.92 Å². The Labute approximate surface area is 208 Å². The van der Waals surface area contributed by atoms with E-state index in [9.17, 15) is 24.3 Å². The fourth-order valence-corrected chi connectivity index (χ4v) is 4.31. The number of H-pyrrole nitrogens is 1. The molecule has 4 rings (SSSR count). The predicted molar refractivity (Wildman–Crippen MR) is 136 cm³/mol. The van der Waals surface area contributed by atoms with E-state index in [0.29, 0.717) is 17.8 Å². The third-order valence-corrected chi connectivity index (χ3v) is 6.50. The van der Waals surface area contributed by atoms with Crippen molar-refractivity contribution in [3.63, 3.8) is 0 Å². The zero-order valence-electron chi connectivity index (χ0n) is 20.1. The Morgan fingerprint density at radius 1 is 1.08 bits per heavy atom. The summed E-state index contributed by atoms with van der Waals surface area (Å²) in [5.41, 5.74) is 2.65. The Bertz CT molecular complexity index is 1300. The summed E-state index contributed by atoms with van der Waals surface area (Å²) in [5.74, 6) is -2.41. The van der Waals surface area contributed by atoms with E-state index in [1.807, 2.05) is 31.2 Å². The minimum absolute atomic E-state index is 0.0753. The van der Waals surface area contributed by atoms with Gasteiger partial charge in [-0.3, -0.25) is 14.5 Å². The Hall–Kier alpha value is -4.34. The molecule has 188 valence electrons. The van der Waals surface area contributed by atoms with Crippen molar-refractivity contribution in [3.8, 4) is 0 Å². The number of carbonyl (C=O) groups is 4. The molecule has 10 nitrogen and oxygen atoms in total. The molecule has 1 aromatic heterocycles. The summed E-state index contributed by atoms with van der Waals surface area (Å²) in [6, 6.07) is 11.6. The lowest BCUT2D eigenvalue weighted by molar-refractivity contribution is -0.142. The van der Waals surface area contributed by atoms with Gasteiger partial charge in [-0.1, -0.05) is 50.6 Å². The van der Waals surface area contributed by atoms with Gasteiger partial charge in [-0.25, -0.2) is 9.59 Å². The second-order valence-electron chi connectivity index (χ2n) is 8.93. The third kappa shape index (κ3) is 5.17. The van der Waals surface area contributed by atoms with E-state index in [2.05, 4.69) is 20.9 Å². The van der Waals surface area contributed by atoms with Crippen molar-refractivity contribution in [2.24, 2.45) is 5.92 Å². The van der Waals surface area contributed by atoms with Gasteiger partial charge in [0.2, 0.25) is 11.8 Å². The van der Waals surface area contributed by atoms with Gasteiger partial charge < -0.3 is 26.0 Å². The molecule has 0 saturated carbocycles. The number of fused-ring (bicyclic) bond motifs is 2. The summed E-state index contributed by atoms with van der Waals surface area (Å²) in [4.78, 5) is 55.0. The number of urea groups is 1. The molecule has 3 aromatic rings. The molecule has 0 radical (unpaired) electrons. The molecule has 1 aliphatic rings. The summed E-state index contributed by atoms with van der Waals surface area (Å²) < 4.78 is 0. The van der Waals surface area contributed by atoms with Gasteiger partial charge in [0.1, 0.15) is 18.6 Å². The number of rotatable bonds is 8. The van der Waals surface area contributed by atoms with Crippen LogP contribution in [0.15, 0.2) is 54.7 Å². The highest BCUT2D eigenvalue weighted by molar-refractivity contribution is 6.10. The Morgan fingerprint density at radius 3 is 2.56 bits per heavy atom. The van der Waals surface area contributed by atoms with Crippen molar-refractivity contribution >= 4 is 46.1 Å². The molecule has 0 fully saturated rings. The fourth-order valence-electron chi connectivity index (χ4n) is 4.31. The summed E-state index contributed by atoms with van der Waals surface area (Å²) in [6.45, 7) is 3.48. The standard InChI is InChI=1S/C26H29N5O5/c1-3-15(2)23(30-26(36)31-14-22(32)28-19-10-6-7-11-21(19)31)24(33)29-20(25(34)35)12-16-13-27-18-9-5-4-8-17(16)18/h4-11,13,15,20,23,27H,3,12,14H2,1-2H3,(H,28,32)(H,29,33)(H,30,36)(H,34,35)/t15?,20-,23-/m0/s1. The van der Waals surface area contributed by atoms with Gasteiger partial charge in [0.05, 0.1) is 11.4 Å². The van der Waals surface area contributed by atoms with Crippen LogP contribution in [0.4, 0.5) is 16.2 Å². The van der Waals surface area contributed by atoms with Crippen LogP contribution >= 0.6 is 0 Å². The lowest BCUT2D eigenvalue weighted by Crippen LogP contribution is -2.58. The second-order valence-corrected chi connectivity index (χ2v) is 8.93. The number of hydrogen-bond donors (Lipinski definition) is 5. The number of benzene rings is 2. The molecule has 1 aliphatic heterocycles. The number of hydrogen-bond acceptors (Lipinski definition) is 4. The lowest BCUT2D eigenvalue weighted by Gasteiger charge is -2.32. The Kier molecular flexibility index (Phi) is 7.23. The molecule has 0 spiro atoms. The van der Waals surface area contributed by atoms with E-state index in [4.69, 9.17) is 0 Å². The number of aromatic amines is 1. The van der Waals surface area contributed by atoms with Crippen molar-refractivity contribution in [1.82, 2.24) is 15.6 Å². The molecule has 5 N–H and O–H groups in total. The average molecular weight is 492 g/mol. The molecular formula is C26H29N5O5. The second kappa shape index (κ2) is 10.5. The highest BCUT2D eigenvalue weighted by Gasteiger charge is 2.33. The number of amides is 4. The molecule has 2 heterocycles. The number of nitrogens with one attached hydrogen (secondary N) is 4. The van der Waals surface area contributed by atoms with Gasteiger partial charge in [-0.15, -0.1) is 0 Å². The Balaban J connectivity index is 1.51. The minimum atomic E-state index is -1.19. The first-order valence-corrected chi connectivity index (χ1v) is 11.8. The zero-order valence-corrected chi connectivity index (χ0v) is 20.1. The molecular weight excluding hydrogens is 462 g/mol. The number of carboxylic acid groups (broad SMARTS) is 1. The van der Waals surface area contributed by atoms with Gasteiger partial charge in [-0.05, 0) is 29.7 Å². The van der Waals surface area contributed by atoms with Gasteiger partial charge in [-0.2, -0.15) is 0 Å². The first-order chi connectivity index (χ1) is 17.3. The van der Waals surface area contributed by atoms with Crippen molar-refractivity contribution in [3.05, 3.63) is 60.3 Å². The van der Waals surface area contributed by atoms with E-state index in [1.165, 1.54) is 4.90 Å². The molecule has 36 heavy (non-hydrogen) atoms. The normalized spacial score (nSPS) is 15.4. The monoisotopic (exact) mass is 491 g/mol. The molecule has 0 bridgehead atoms. The zero-order chi connectivity index (χ0) is 25.8. The number of carbonyl (C=O) groups excluding carboxylic acids is 3. The Morgan fingerprint density at radius 2 is 1.81 bits per heavy atom. The summed E-state index contributed by atoms with van der Waals surface area (Å²) in [6.07, 6.45) is 2.38. The molecule has 1 unspecified atom stereocenters.